The number of nitrogens with one attached hydrogen (secondary N) is 2. The van der Waals surface area contributed by atoms with Gasteiger partial charge >= 0.3 is 0 Å². The predicted octanol–water partition coefficient (Wildman–Crippen LogP) is 1.70. The van der Waals surface area contributed by atoms with Gasteiger partial charge in [-0.05, 0) is 18.9 Å². The molecule has 6 nitrogen and oxygen atoms in total. The van der Waals surface area contributed by atoms with Gasteiger partial charge < -0.3 is 20.3 Å². The Kier molecular flexibility index (Phi) is 3.63. The van der Waals surface area contributed by atoms with Crippen molar-refractivity contribution in [1.29, 1.82) is 0 Å². The topological polar surface area (TPSA) is 70.7 Å². The van der Waals surface area contributed by atoms with Gasteiger partial charge in [0, 0.05) is 19.2 Å². The number of hydrogen-bond acceptors (Lipinski definition) is 4. The van der Waals surface area contributed by atoms with Crippen LogP contribution in [0.25, 0.3) is 0 Å². The molecule has 2 N–H and O–H groups in total. The normalized spacial score (nSPS) is 16.6. The van der Waals surface area contributed by atoms with E-state index >= 15 is 0 Å². The number of benzene rings is 1. The van der Waals surface area contributed by atoms with Crippen LogP contribution in [0.2, 0.25) is 5.02 Å². The molecule has 0 saturated heterocycles. The Morgan fingerprint density at radius 3 is 3.00 bits per heavy atom. The van der Waals surface area contributed by atoms with E-state index in [1.165, 1.54) is 0 Å². The van der Waals surface area contributed by atoms with E-state index in [2.05, 4.69) is 10.6 Å². The first-order chi connectivity index (χ1) is 10.0. The fourth-order valence-electron chi connectivity index (χ4n) is 2.20. The Morgan fingerprint density at radius 1 is 1.52 bits per heavy atom. The Balaban J connectivity index is 1.68. The first kappa shape index (κ1) is 14.0. The summed E-state index contributed by atoms with van der Waals surface area (Å²) in [6, 6.07) is 3.70. The van der Waals surface area contributed by atoms with Gasteiger partial charge in [-0.1, -0.05) is 11.6 Å². The lowest BCUT2D eigenvalue weighted by molar-refractivity contribution is -0.128. The molecule has 2 aliphatic rings. The molecule has 0 atom stereocenters. The molecule has 3 rings (SSSR count). The zero-order valence-corrected chi connectivity index (χ0v) is 12.4. The van der Waals surface area contributed by atoms with Gasteiger partial charge in [-0.3, -0.25) is 9.59 Å². The molecular formula is C14H16ClN3O3. The lowest BCUT2D eigenvalue weighted by Gasteiger charge is -2.21. The quantitative estimate of drug-likeness (QED) is 0.888. The molecule has 0 bridgehead atoms. The summed E-state index contributed by atoms with van der Waals surface area (Å²) in [5.74, 6) is 0.366. The number of rotatable bonds is 4. The van der Waals surface area contributed by atoms with Crippen molar-refractivity contribution in [3.63, 3.8) is 0 Å². The molecule has 0 aromatic heterocycles. The number of ether oxygens (including phenoxy) is 1. The molecule has 21 heavy (non-hydrogen) atoms. The highest BCUT2D eigenvalue weighted by molar-refractivity contribution is 6.33. The van der Waals surface area contributed by atoms with Crippen LogP contribution in [-0.2, 0) is 9.59 Å². The third-order valence-corrected chi connectivity index (χ3v) is 3.93. The monoisotopic (exact) mass is 309 g/mol. The Bertz CT molecular complexity index is 601. The van der Waals surface area contributed by atoms with Crippen molar-refractivity contribution in [3.05, 3.63) is 17.2 Å². The number of anilines is 2. The molecule has 1 aromatic carbocycles. The number of hydrogen-bond donors (Lipinski definition) is 2. The number of carbonyl (C=O) groups excluding carboxylic acids is 2. The molecule has 1 aromatic rings. The summed E-state index contributed by atoms with van der Waals surface area (Å²) in [5.41, 5.74) is 1.16. The Hall–Kier alpha value is -1.95. The maximum Gasteiger partial charge on any atom is 0.262 e. The molecule has 0 radical (unpaired) electrons. The second kappa shape index (κ2) is 5.44. The zero-order valence-electron chi connectivity index (χ0n) is 11.6. The lowest BCUT2D eigenvalue weighted by Crippen LogP contribution is -2.33. The van der Waals surface area contributed by atoms with Gasteiger partial charge in [0.05, 0.1) is 22.9 Å². The van der Waals surface area contributed by atoms with Crippen LogP contribution in [0.5, 0.6) is 5.75 Å². The van der Waals surface area contributed by atoms with E-state index in [1.54, 1.807) is 17.0 Å². The largest absolute Gasteiger partial charge is 0.482 e. The van der Waals surface area contributed by atoms with Crippen LogP contribution >= 0.6 is 11.6 Å². The molecular weight excluding hydrogens is 294 g/mol. The van der Waals surface area contributed by atoms with Crippen LogP contribution in [0.3, 0.4) is 0 Å². The summed E-state index contributed by atoms with van der Waals surface area (Å²) in [7, 11) is 1.81. The van der Waals surface area contributed by atoms with E-state index in [4.69, 9.17) is 16.3 Å². The van der Waals surface area contributed by atoms with E-state index in [1.807, 2.05) is 7.05 Å². The summed E-state index contributed by atoms with van der Waals surface area (Å²) in [4.78, 5) is 25.0. The van der Waals surface area contributed by atoms with Crippen molar-refractivity contribution >= 4 is 34.8 Å². The Labute approximate surface area is 127 Å². The van der Waals surface area contributed by atoms with Gasteiger partial charge in [-0.2, -0.15) is 0 Å². The summed E-state index contributed by atoms with van der Waals surface area (Å²) in [5, 5.41) is 6.14. The van der Waals surface area contributed by atoms with Crippen LogP contribution in [0.4, 0.5) is 11.4 Å². The average Bonchev–Trinajstić information content (AvgIpc) is 3.28. The van der Waals surface area contributed by atoms with Gasteiger partial charge in [-0.15, -0.1) is 0 Å². The SMILES string of the molecule is CN(C(=O)CNc1cc2c(cc1Cl)NC(=O)CO2)C1CC1. The summed E-state index contributed by atoms with van der Waals surface area (Å²) in [6.45, 7) is 0.162. The minimum absolute atomic E-state index is 0.0164. The minimum Gasteiger partial charge on any atom is -0.482 e. The third kappa shape index (κ3) is 3.05. The highest BCUT2D eigenvalue weighted by atomic mass is 35.5. The fourth-order valence-corrected chi connectivity index (χ4v) is 2.43. The number of amides is 2. The van der Waals surface area contributed by atoms with Crippen molar-refractivity contribution in [2.75, 3.05) is 30.8 Å². The molecule has 7 heteroatoms. The van der Waals surface area contributed by atoms with Gasteiger partial charge in [0.15, 0.2) is 6.61 Å². The summed E-state index contributed by atoms with van der Waals surface area (Å²) in [6.07, 6.45) is 2.16. The number of likely N-dealkylation sites (N-methyl/N-ethyl adjacent to an activating group) is 1. The van der Waals surface area contributed by atoms with Crippen LogP contribution < -0.4 is 15.4 Å². The van der Waals surface area contributed by atoms with Crippen molar-refractivity contribution in [1.82, 2.24) is 4.90 Å². The van der Waals surface area contributed by atoms with Crippen molar-refractivity contribution in [2.24, 2.45) is 0 Å². The molecule has 0 spiro atoms. The second-order valence-corrected chi connectivity index (χ2v) is 5.66. The summed E-state index contributed by atoms with van der Waals surface area (Å²) >= 11 is 6.15. The Morgan fingerprint density at radius 2 is 2.29 bits per heavy atom. The van der Waals surface area contributed by atoms with Gasteiger partial charge in [0.25, 0.3) is 5.91 Å². The zero-order chi connectivity index (χ0) is 15.0. The molecule has 1 saturated carbocycles. The average molecular weight is 310 g/mol. The maximum atomic E-state index is 12.0. The third-order valence-electron chi connectivity index (χ3n) is 3.62. The number of carbonyl (C=O) groups is 2. The highest BCUT2D eigenvalue weighted by Gasteiger charge is 2.29. The van der Waals surface area contributed by atoms with Crippen molar-refractivity contribution < 1.29 is 14.3 Å². The molecule has 2 amide bonds. The fraction of sp³-hybridized carbons (Fsp3) is 0.429. The molecule has 112 valence electrons. The first-order valence-electron chi connectivity index (χ1n) is 6.80. The lowest BCUT2D eigenvalue weighted by atomic mass is 10.2. The van der Waals surface area contributed by atoms with E-state index < -0.39 is 0 Å². The van der Waals surface area contributed by atoms with Crippen molar-refractivity contribution in [2.45, 2.75) is 18.9 Å². The van der Waals surface area contributed by atoms with Crippen LogP contribution in [-0.4, -0.2) is 43.0 Å². The standard InChI is InChI=1S/C14H16ClN3O3/c1-18(8-2-3-8)14(20)6-16-10-5-12-11(4-9(10)15)17-13(19)7-21-12/h4-5,8,16H,2-3,6-7H2,1H3,(H,17,19). The maximum absolute atomic E-state index is 12.0. The van der Waals surface area contributed by atoms with Crippen molar-refractivity contribution in [3.8, 4) is 5.75 Å². The summed E-state index contributed by atoms with van der Waals surface area (Å²) < 4.78 is 5.33. The highest BCUT2D eigenvalue weighted by Crippen LogP contribution is 2.36. The molecule has 1 aliphatic carbocycles. The van der Waals surface area contributed by atoms with Crippen LogP contribution in [0.15, 0.2) is 12.1 Å². The van der Waals surface area contributed by atoms with Crippen LogP contribution in [0, 0.1) is 0 Å². The van der Waals surface area contributed by atoms with E-state index in [0.717, 1.165) is 12.8 Å². The van der Waals surface area contributed by atoms with E-state index in [-0.39, 0.29) is 25.0 Å². The van der Waals surface area contributed by atoms with E-state index in [0.29, 0.717) is 28.2 Å². The second-order valence-electron chi connectivity index (χ2n) is 5.25. The molecule has 1 fully saturated rings. The number of halogens is 1. The first-order valence-corrected chi connectivity index (χ1v) is 7.18. The molecule has 0 unspecified atom stereocenters. The number of fused-ring (bicyclic) bond motifs is 1. The molecule has 1 heterocycles. The smallest absolute Gasteiger partial charge is 0.262 e. The minimum atomic E-state index is -0.208. The van der Waals surface area contributed by atoms with Gasteiger partial charge in [0.2, 0.25) is 5.91 Å². The van der Waals surface area contributed by atoms with E-state index in [9.17, 15) is 9.59 Å². The van der Waals surface area contributed by atoms with Gasteiger partial charge in [0.1, 0.15) is 5.75 Å². The molecule has 1 aliphatic heterocycles. The predicted molar refractivity (Wildman–Crippen MR) is 79.9 cm³/mol. The number of nitrogens with zero attached hydrogens (tertiary/aromatic N) is 1. The van der Waals surface area contributed by atoms with Gasteiger partial charge in [-0.25, -0.2) is 0 Å². The van der Waals surface area contributed by atoms with Crippen LogP contribution in [0.1, 0.15) is 12.8 Å².